The van der Waals surface area contributed by atoms with Crippen molar-refractivity contribution in [2.24, 2.45) is 0 Å². The second-order valence-electron chi connectivity index (χ2n) is 16.1. The van der Waals surface area contributed by atoms with E-state index in [1.807, 2.05) is 0 Å². The number of aryl methyl sites for hydroxylation is 4. The third-order valence-corrected chi connectivity index (χ3v) is 12.1. The zero-order chi connectivity index (χ0) is 40.5. The van der Waals surface area contributed by atoms with Gasteiger partial charge in [-0.05, 0) is 117 Å². The Kier molecular flexibility index (Phi) is 8.35. The van der Waals surface area contributed by atoms with Crippen LogP contribution in [0, 0.1) is 27.7 Å². The number of hydrogen-bond acceptors (Lipinski definition) is 2. The van der Waals surface area contributed by atoms with Crippen molar-refractivity contribution >= 4 is 43.6 Å². The summed E-state index contributed by atoms with van der Waals surface area (Å²) in [7, 11) is 0. The summed E-state index contributed by atoms with van der Waals surface area (Å²) in [6.07, 6.45) is 0. The van der Waals surface area contributed by atoms with Crippen LogP contribution in [-0.2, 0) is 0 Å². The van der Waals surface area contributed by atoms with Gasteiger partial charge >= 0.3 is 0 Å². The summed E-state index contributed by atoms with van der Waals surface area (Å²) < 4.78 is 4.80. The maximum absolute atomic E-state index is 5.15. The number of para-hydroxylation sites is 3. The van der Waals surface area contributed by atoms with Crippen LogP contribution in [0.1, 0.15) is 22.3 Å². The number of benzene rings is 8. The molecule has 0 unspecified atom stereocenters. The number of hydrogen-bond donors (Lipinski definition) is 0. The van der Waals surface area contributed by atoms with Gasteiger partial charge in [0, 0.05) is 49.6 Å². The molecule has 0 N–H and O–H groups in total. The fourth-order valence-corrected chi connectivity index (χ4v) is 9.22. The molecule has 4 nitrogen and oxygen atoms in total. The molecule has 0 bridgehead atoms. The molecule has 0 aliphatic heterocycles. The van der Waals surface area contributed by atoms with Crippen molar-refractivity contribution in [3.63, 3.8) is 0 Å². The molecule has 0 atom stereocenters. The fraction of sp³-hybridized carbons (Fsp3) is 0.0714. The molecular weight excluding hydrogens is 729 g/mol. The van der Waals surface area contributed by atoms with Crippen LogP contribution >= 0.6 is 0 Å². The lowest BCUT2D eigenvalue weighted by Gasteiger charge is -2.16. The Morgan fingerprint density at radius 1 is 0.333 bits per heavy atom. The molecule has 3 aromatic heterocycles. The second-order valence-corrected chi connectivity index (χ2v) is 16.1. The van der Waals surface area contributed by atoms with E-state index in [0.717, 1.165) is 45.3 Å². The van der Waals surface area contributed by atoms with Gasteiger partial charge in [-0.3, -0.25) is 0 Å². The van der Waals surface area contributed by atoms with E-state index in [2.05, 4.69) is 219 Å². The highest BCUT2D eigenvalue weighted by atomic mass is 15.0. The van der Waals surface area contributed by atoms with Crippen molar-refractivity contribution in [1.29, 1.82) is 0 Å². The topological polar surface area (TPSA) is 35.6 Å². The molecule has 0 amide bonds. The number of rotatable bonds is 6. The minimum atomic E-state index is 0.728. The smallest absolute Gasteiger partial charge is 0.160 e. The molecular formula is C56H42N4. The number of fused-ring (bicyclic) bond motifs is 6. The Morgan fingerprint density at radius 2 is 0.767 bits per heavy atom. The Morgan fingerprint density at radius 3 is 1.33 bits per heavy atom. The van der Waals surface area contributed by atoms with E-state index in [-0.39, 0.29) is 0 Å². The van der Waals surface area contributed by atoms with Gasteiger partial charge in [0.25, 0.3) is 0 Å². The predicted molar refractivity (Wildman–Crippen MR) is 251 cm³/mol. The van der Waals surface area contributed by atoms with Crippen LogP contribution < -0.4 is 0 Å². The van der Waals surface area contributed by atoms with Crippen molar-refractivity contribution < 1.29 is 0 Å². The minimum absolute atomic E-state index is 0.728. The summed E-state index contributed by atoms with van der Waals surface area (Å²) in [6.45, 7) is 8.64. The van der Waals surface area contributed by atoms with Crippen LogP contribution in [0.2, 0.25) is 0 Å². The summed E-state index contributed by atoms with van der Waals surface area (Å²) in [4.78, 5) is 10.2. The molecule has 0 saturated carbocycles. The molecule has 11 aromatic rings. The second kappa shape index (κ2) is 14.1. The Balaban J connectivity index is 0.978. The van der Waals surface area contributed by atoms with Gasteiger partial charge < -0.3 is 9.13 Å². The third-order valence-electron chi connectivity index (χ3n) is 12.1. The van der Waals surface area contributed by atoms with Gasteiger partial charge in [0.2, 0.25) is 0 Å². The number of nitrogens with zero attached hydrogens (tertiary/aromatic N) is 4. The molecule has 286 valence electrons. The largest absolute Gasteiger partial charge is 0.309 e. The van der Waals surface area contributed by atoms with E-state index in [0.29, 0.717) is 0 Å². The standard InChI is InChI=1S/C56H42N4/c1-35-17-21-39(22-18-35)49-34-50(58-56(57-49)41-23-19-36(2)20-24-41)42-31-37(3)55(38(4)32-42)40-25-27-43(28-26-40)59-53-16-10-7-13-47(53)48-33-44(29-30-54(48)59)60-51-14-8-5-11-45(51)46-12-6-9-15-52(46)60/h5-34H,1-4H3. The first-order valence-electron chi connectivity index (χ1n) is 20.7. The predicted octanol–water partition coefficient (Wildman–Crippen LogP) is 14.6. The average Bonchev–Trinajstić information content (AvgIpc) is 3.79. The third kappa shape index (κ3) is 5.91. The monoisotopic (exact) mass is 770 g/mol. The van der Waals surface area contributed by atoms with E-state index < -0.39 is 0 Å². The maximum Gasteiger partial charge on any atom is 0.160 e. The van der Waals surface area contributed by atoms with Crippen LogP contribution in [0.15, 0.2) is 182 Å². The molecule has 60 heavy (non-hydrogen) atoms. The van der Waals surface area contributed by atoms with E-state index >= 15 is 0 Å². The summed E-state index contributed by atoms with van der Waals surface area (Å²) >= 11 is 0. The van der Waals surface area contributed by atoms with E-state index in [1.165, 1.54) is 77.0 Å². The first-order chi connectivity index (χ1) is 29.4. The molecule has 0 saturated heterocycles. The maximum atomic E-state index is 5.15. The summed E-state index contributed by atoms with van der Waals surface area (Å²) in [6, 6.07) is 65.9. The quantitative estimate of drug-likeness (QED) is 0.169. The van der Waals surface area contributed by atoms with Crippen molar-refractivity contribution in [3.8, 4) is 56.4 Å². The van der Waals surface area contributed by atoms with Crippen LogP contribution in [0.25, 0.3) is 100 Å². The van der Waals surface area contributed by atoms with Crippen LogP contribution in [-0.4, -0.2) is 19.1 Å². The van der Waals surface area contributed by atoms with Crippen molar-refractivity contribution in [2.45, 2.75) is 27.7 Å². The van der Waals surface area contributed by atoms with Gasteiger partial charge in [-0.1, -0.05) is 126 Å². The lowest BCUT2D eigenvalue weighted by molar-refractivity contribution is 1.16. The number of aromatic nitrogens is 4. The summed E-state index contributed by atoms with van der Waals surface area (Å²) in [5.74, 6) is 0.728. The van der Waals surface area contributed by atoms with Crippen molar-refractivity contribution in [2.75, 3.05) is 0 Å². The highest BCUT2D eigenvalue weighted by Gasteiger charge is 2.18. The highest BCUT2D eigenvalue weighted by Crippen LogP contribution is 2.39. The summed E-state index contributed by atoms with van der Waals surface area (Å²) in [5.41, 5.74) is 19.4. The molecule has 0 aliphatic rings. The molecule has 3 heterocycles. The SMILES string of the molecule is Cc1ccc(-c2cc(-c3cc(C)c(-c4ccc(-n5c6ccccc6c6cc(-n7c8ccccc8c8ccccc87)ccc65)cc4)c(C)c3)nc(-c3ccc(C)cc3)n2)cc1. The first kappa shape index (κ1) is 35.6. The summed E-state index contributed by atoms with van der Waals surface area (Å²) in [5, 5.41) is 5.01. The van der Waals surface area contributed by atoms with E-state index in [4.69, 9.17) is 9.97 Å². The van der Waals surface area contributed by atoms with Gasteiger partial charge in [-0.15, -0.1) is 0 Å². The van der Waals surface area contributed by atoms with Crippen molar-refractivity contribution in [3.05, 3.63) is 204 Å². The van der Waals surface area contributed by atoms with E-state index in [9.17, 15) is 0 Å². The first-order valence-corrected chi connectivity index (χ1v) is 20.7. The molecule has 11 rings (SSSR count). The molecule has 0 aliphatic carbocycles. The van der Waals surface area contributed by atoms with Crippen LogP contribution in [0.5, 0.6) is 0 Å². The lowest BCUT2D eigenvalue weighted by Crippen LogP contribution is -1.98. The fourth-order valence-electron chi connectivity index (χ4n) is 9.22. The molecule has 8 aromatic carbocycles. The average molecular weight is 771 g/mol. The van der Waals surface area contributed by atoms with Gasteiger partial charge in [0.1, 0.15) is 0 Å². The van der Waals surface area contributed by atoms with Gasteiger partial charge in [-0.25, -0.2) is 9.97 Å². The Labute approximate surface area is 349 Å². The molecule has 0 spiro atoms. The molecule has 0 fully saturated rings. The lowest BCUT2D eigenvalue weighted by atomic mass is 9.92. The van der Waals surface area contributed by atoms with E-state index in [1.54, 1.807) is 0 Å². The zero-order valence-corrected chi connectivity index (χ0v) is 34.1. The van der Waals surface area contributed by atoms with Gasteiger partial charge in [0.05, 0.1) is 33.5 Å². The molecule has 4 heteroatoms. The molecule has 0 radical (unpaired) electrons. The van der Waals surface area contributed by atoms with Gasteiger partial charge in [0.15, 0.2) is 5.82 Å². The highest BCUT2D eigenvalue weighted by molar-refractivity contribution is 6.12. The Bertz CT molecular complexity index is 3300. The normalized spacial score (nSPS) is 11.7. The minimum Gasteiger partial charge on any atom is -0.309 e. The Hall–Kier alpha value is -7.56. The van der Waals surface area contributed by atoms with Crippen LogP contribution in [0.4, 0.5) is 0 Å². The van der Waals surface area contributed by atoms with Gasteiger partial charge in [-0.2, -0.15) is 0 Å². The zero-order valence-electron chi connectivity index (χ0n) is 34.1. The van der Waals surface area contributed by atoms with Crippen molar-refractivity contribution in [1.82, 2.24) is 19.1 Å². The van der Waals surface area contributed by atoms with Crippen LogP contribution in [0.3, 0.4) is 0 Å².